The number of anilines is 1. The zero-order valence-electron chi connectivity index (χ0n) is 10.4. The molecule has 94 valence electrons. The molecule has 3 nitrogen and oxygen atoms in total. The molecule has 1 aliphatic heterocycles. The zero-order chi connectivity index (χ0) is 12.1. The van der Waals surface area contributed by atoms with Gasteiger partial charge in [-0.2, -0.15) is 11.8 Å². The third-order valence-electron chi connectivity index (χ3n) is 3.16. The van der Waals surface area contributed by atoms with E-state index in [4.69, 9.17) is 5.73 Å². The molecular formula is C13H21N3S. The maximum absolute atomic E-state index is 5.54. The second-order valence-corrected chi connectivity index (χ2v) is 5.82. The fraction of sp³-hybridized carbons (Fsp3) is 0.615. The molecular weight excluding hydrogens is 230 g/mol. The molecule has 1 aliphatic rings. The lowest BCUT2D eigenvalue weighted by atomic mass is 10.2. The fourth-order valence-electron chi connectivity index (χ4n) is 2.09. The second kappa shape index (κ2) is 6.26. The van der Waals surface area contributed by atoms with E-state index in [1.807, 2.05) is 6.20 Å². The Kier molecular flexibility index (Phi) is 4.68. The molecule has 4 heteroatoms. The van der Waals surface area contributed by atoms with Gasteiger partial charge in [0.2, 0.25) is 0 Å². The van der Waals surface area contributed by atoms with Crippen LogP contribution >= 0.6 is 11.8 Å². The van der Waals surface area contributed by atoms with E-state index in [1.54, 1.807) is 0 Å². The van der Waals surface area contributed by atoms with Crippen LogP contribution in [-0.4, -0.2) is 35.6 Å². The van der Waals surface area contributed by atoms with E-state index >= 15 is 0 Å². The molecule has 2 rings (SSSR count). The maximum atomic E-state index is 5.54. The van der Waals surface area contributed by atoms with Crippen LogP contribution in [0.5, 0.6) is 0 Å². The summed E-state index contributed by atoms with van der Waals surface area (Å²) in [5, 5.41) is 0.759. The Morgan fingerprint density at radius 2 is 2.41 bits per heavy atom. The molecule has 2 N–H and O–H groups in total. The van der Waals surface area contributed by atoms with Crippen LogP contribution in [-0.2, 0) is 6.42 Å². The number of pyridine rings is 1. The van der Waals surface area contributed by atoms with Crippen molar-refractivity contribution < 1.29 is 0 Å². The first-order chi connectivity index (χ1) is 8.33. The minimum Gasteiger partial charge on any atom is -0.355 e. The Hall–Kier alpha value is -0.740. The molecule has 0 saturated carbocycles. The summed E-state index contributed by atoms with van der Waals surface area (Å²) in [7, 11) is 0. The van der Waals surface area contributed by atoms with Crippen molar-refractivity contribution in [2.75, 3.05) is 30.3 Å². The molecule has 0 bridgehead atoms. The van der Waals surface area contributed by atoms with Crippen molar-refractivity contribution in [3.63, 3.8) is 0 Å². The molecule has 1 unspecified atom stereocenters. The first-order valence-electron chi connectivity index (χ1n) is 6.35. The normalized spacial score (nSPS) is 20.6. The molecule has 0 amide bonds. The number of aromatic nitrogens is 1. The third-order valence-corrected chi connectivity index (χ3v) is 4.53. The van der Waals surface area contributed by atoms with Crippen LogP contribution in [0.1, 0.15) is 18.9 Å². The van der Waals surface area contributed by atoms with Crippen molar-refractivity contribution in [3.8, 4) is 0 Å². The molecule has 1 aromatic heterocycles. The van der Waals surface area contributed by atoms with Gasteiger partial charge in [-0.1, -0.05) is 13.0 Å². The molecule has 0 aromatic carbocycles. The number of nitrogens with two attached hydrogens (primary N) is 1. The average molecular weight is 251 g/mol. The van der Waals surface area contributed by atoms with Crippen molar-refractivity contribution in [1.82, 2.24) is 4.98 Å². The number of hydrogen-bond donors (Lipinski definition) is 1. The Morgan fingerprint density at radius 1 is 1.53 bits per heavy atom. The van der Waals surface area contributed by atoms with Gasteiger partial charge in [-0.05, 0) is 31.0 Å². The van der Waals surface area contributed by atoms with Crippen LogP contribution < -0.4 is 10.6 Å². The molecule has 1 saturated heterocycles. The summed E-state index contributed by atoms with van der Waals surface area (Å²) in [4.78, 5) is 6.95. The predicted octanol–water partition coefficient (Wildman–Crippen LogP) is 1.91. The summed E-state index contributed by atoms with van der Waals surface area (Å²) in [5.41, 5.74) is 6.77. The zero-order valence-corrected chi connectivity index (χ0v) is 11.2. The summed E-state index contributed by atoms with van der Waals surface area (Å²) in [6.07, 6.45) is 4.12. The fourth-order valence-corrected chi connectivity index (χ4v) is 3.27. The van der Waals surface area contributed by atoms with Crippen molar-refractivity contribution in [3.05, 3.63) is 23.9 Å². The van der Waals surface area contributed by atoms with E-state index < -0.39 is 0 Å². The van der Waals surface area contributed by atoms with Gasteiger partial charge in [0.15, 0.2) is 0 Å². The lowest BCUT2D eigenvalue weighted by Gasteiger charge is -2.32. The van der Waals surface area contributed by atoms with Crippen molar-refractivity contribution >= 4 is 17.6 Å². The summed E-state index contributed by atoms with van der Waals surface area (Å²) in [6.45, 7) is 5.20. The third kappa shape index (κ3) is 3.36. The molecule has 1 atom stereocenters. The van der Waals surface area contributed by atoms with E-state index in [-0.39, 0.29) is 0 Å². The van der Waals surface area contributed by atoms with E-state index in [9.17, 15) is 0 Å². The van der Waals surface area contributed by atoms with Crippen molar-refractivity contribution in [1.29, 1.82) is 0 Å². The molecule has 17 heavy (non-hydrogen) atoms. The first kappa shape index (κ1) is 12.7. The van der Waals surface area contributed by atoms with Crippen LogP contribution in [0.4, 0.5) is 5.82 Å². The summed E-state index contributed by atoms with van der Waals surface area (Å²) in [6, 6.07) is 4.28. The standard InChI is InChI=1S/C13H21N3S/c1-2-12-10-16(7-8-17-12)13-4-3-11(5-6-14)9-15-13/h3-4,9,12H,2,5-8,10,14H2,1H3. The quantitative estimate of drug-likeness (QED) is 0.887. The van der Waals surface area contributed by atoms with Crippen LogP contribution in [0.25, 0.3) is 0 Å². The molecule has 2 heterocycles. The minimum absolute atomic E-state index is 0.694. The Labute approximate surface area is 108 Å². The SMILES string of the molecule is CCC1CN(c2ccc(CCN)cn2)CCS1. The van der Waals surface area contributed by atoms with E-state index in [0.29, 0.717) is 6.54 Å². The van der Waals surface area contributed by atoms with Crippen LogP contribution in [0, 0.1) is 0 Å². The highest BCUT2D eigenvalue weighted by atomic mass is 32.2. The van der Waals surface area contributed by atoms with Gasteiger partial charge >= 0.3 is 0 Å². The number of hydrogen-bond acceptors (Lipinski definition) is 4. The smallest absolute Gasteiger partial charge is 0.128 e. The van der Waals surface area contributed by atoms with Crippen LogP contribution in [0.3, 0.4) is 0 Å². The van der Waals surface area contributed by atoms with E-state index in [2.05, 4.69) is 40.7 Å². The van der Waals surface area contributed by atoms with Crippen molar-refractivity contribution in [2.24, 2.45) is 5.73 Å². The van der Waals surface area contributed by atoms with Gasteiger partial charge in [0.1, 0.15) is 5.82 Å². The topological polar surface area (TPSA) is 42.1 Å². The summed E-state index contributed by atoms with van der Waals surface area (Å²) in [5.74, 6) is 2.33. The van der Waals surface area contributed by atoms with E-state index in [0.717, 1.165) is 30.6 Å². The largest absolute Gasteiger partial charge is 0.355 e. The van der Waals surface area contributed by atoms with Gasteiger partial charge in [-0.15, -0.1) is 0 Å². The lowest BCUT2D eigenvalue weighted by Crippen LogP contribution is -2.38. The summed E-state index contributed by atoms with van der Waals surface area (Å²) >= 11 is 2.09. The number of nitrogens with zero attached hydrogens (tertiary/aromatic N) is 2. The van der Waals surface area contributed by atoms with Crippen molar-refractivity contribution in [2.45, 2.75) is 25.0 Å². The van der Waals surface area contributed by atoms with Gasteiger partial charge in [-0.3, -0.25) is 0 Å². The van der Waals surface area contributed by atoms with Gasteiger partial charge in [0.25, 0.3) is 0 Å². The highest BCUT2D eigenvalue weighted by Gasteiger charge is 2.19. The van der Waals surface area contributed by atoms with E-state index in [1.165, 1.54) is 17.7 Å². The van der Waals surface area contributed by atoms with Gasteiger partial charge < -0.3 is 10.6 Å². The second-order valence-electron chi connectivity index (χ2n) is 4.41. The van der Waals surface area contributed by atoms with Gasteiger partial charge in [0.05, 0.1) is 0 Å². The number of thioether (sulfide) groups is 1. The monoisotopic (exact) mass is 251 g/mol. The Balaban J connectivity index is 2.01. The maximum Gasteiger partial charge on any atom is 0.128 e. The first-order valence-corrected chi connectivity index (χ1v) is 7.40. The highest BCUT2D eigenvalue weighted by Crippen LogP contribution is 2.24. The summed E-state index contributed by atoms with van der Waals surface area (Å²) < 4.78 is 0. The Bertz CT molecular complexity index is 339. The van der Waals surface area contributed by atoms with Gasteiger partial charge in [-0.25, -0.2) is 4.98 Å². The highest BCUT2D eigenvalue weighted by molar-refractivity contribution is 8.00. The molecule has 1 aromatic rings. The lowest BCUT2D eigenvalue weighted by molar-refractivity contribution is 0.719. The molecule has 1 fully saturated rings. The number of rotatable bonds is 4. The predicted molar refractivity (Wildman–Crippen MR) is 75.7 cm³/mol. The molecule has 0 radical (unpaired) electrons. The molecule has 0 spiro atoms. The van der Waals surface area contributed by atoms with Crippen LogP contribution in [0.2, 0.25) is 0 Å². The van der Waals surface area contributed by atoms with Crippen LogP contribution in [0.15, 0.2) is 18.3 Å². The average Bonchev–Trinajstić information content (AvgIpc) is 2.40. The Morgan fingerprint density at radius 3 is 3.06 bits per heavy atom. The van der Waals surface area contributed by atoms with Gasteiger partial charge in [0, 0.05) is 30.3 Å². The minimum atomic E-state index is 0.694. The molecule has 0 aliphatic carbocycles.